The van der Waals surface area contributed by atoms with Gasteiger partial charge in [-0.15, -0.1) is 0 Å². The number of rotatable bonds is 3. The van der Waals surface area contributed by atoms with Crippen LogP contribution in [-0.4, -0.2) is 90.0 Å². The zero-order chi connectivity index (χ0) is 27.1. The monoisotopic (exact) mass is 536 g/mol. The molecule has 3 saturated heterocycles. The number of pyridine rings is 2. The van der Waals surface area contributed by atoms with Crippen LogP contribution in [0.4, 0.5) is 22.0 Å². The van der Waals surface area contributed by atoms with E-state index >= 15 is 0 Å². The average Bonchev–Trinajstić information content (AvgIpc) is 3.07. The van der Waals surface area contributed by atoms with E-state index in [1.807, 2.05) is 33.9 Å². The second-order valence-electron chi connectivity index (χ2n) is 12.0. The summed E-state index contributed by atoms with van der Waals surface area (Å²) in [6, 6.07) is 4.65. The number of morpholine rings is 1. The van der Waals surface area contributed by atoms with Crippen molar-refractivity contribution >= 4 is 23.3 Å². The molecule has 0 radical (unpaired) electrons. The number of aryl methyl sites for hydroxylation is 1. The van der Waals surface area contributed by atoms with Crippen LogP contribution >= 0.6 is 0 Å². The van der Waals surface area contributed by atoms with Crippen LogP contribution < -0.4 is 15.0 Å². The van der Waals surface area contributed by atoms with E-state index in [9.17, 15) is 4.79 Å². The molecule has 10 nitrogen and oxygen atoms in total. The molecule has 1 N–H and O–H groups in total. The smallest absolute Gasteiger partial charge is 0.410 e. The van der Waals surface area contributed by atoms with E-state index in [2.05, 4.69) is 32.2 Å². The van der Waals surface area contributed by atoms with Crippen molar-refractivity contribution in [3.8, 4) is 5.75 Å². The molecule has 4 aliphatic heterocycles. The van der Waals surface area contributed by atoms with E-state index in [1.54, 1.807) is 4.90 Å². The number of carbonyl (C=O) groups excluding carboxylic acids is 1. The second-order valence-corrected chi connectivity index (χ2v) is 12.0. The Hall–Kier alpha value is -3.11. The summed E-state index contributed by atoms with van der Waals surface area (Å²) in [6.45, 7) is 14.9. The number of anilines is 3. The minimum atomic E-state index is -0.456. The summed E-state index contributed by atoms with van der Waals surface area (Å²) in [6.07, 6.45) is 3.76. The molecule has 2 aromatic heterocycles. The molecule has 2 aromatic rings. The SMILES string of the molecule is Cc1nc(C2CCN(C3CN(C(=O)OC(C)(C)C)C3)CC2)cc2c1OCc1c(N3CCOCC3)ccnc1N2. The number of piperidine rings is 1. The molecule has 0 aromatic carbocycles. The van der Waals surface area contributed by atoms with Crippen molar-refractivity contribution in [1.82, 2.24) is 19.8 Å². The van der Waals surface area contributed by atoms with E-state index in [1.165, 1.54) is 0 Å². The summed E-state index contributed by atoms with van der Waals surface area (Å²) in [5.74, 6) is 2.05. The maximum atomic E-state index is 12.3. The Morgan fingerprint density at radius 1 is 1.13 bits per heavy atom. The van der Waals surface area contributed by atoms with Crippen LogP contribution in [0, 0.1) is 6.92 Å². The number of carbonyl (C=O) groups is 1. The van der Waals surface area contributed by atoms with Crippen molar-refractivity contribution in [3.05, 3.63) is 35.3 Å². The van der Waals surface area contributed by atoms with E-state index in [-0.39, 0.29) is 6.09 Å². The molecule has 210 valence electrons. The first-order valence-corrected chi connectivity index (χ1v) is 14.2. The highest BCUT2D eigenvalue weighted by Gasteiger charge is 2.38. The van der Waals surface area contributed by atoms with Gasteiger partial charge in [0.1, 0.15) is 18.0 Å². The number of aromatic nitrogens is 2. The van der Waals surface area contributed by atoms with Crippen molar-refractivity contribution in [2.45, 2.75) is 64.7 Å². The molecule has 6 heterocycles. The standard InChI is InChI=1S/C29H40N6O4/c1-19-26-24(32-27-22(18-38-26)25(5-8-30-27)34-11-13-37-14-12-34)15-23(31-19)20-6-9-33(10-7-20)21-16-35(17-21)28(36)39-29(2,3)4/h5,8,15,20-21H,6-7,9-14,16-18H2,1-4H3,(H,30,32). The molecule has 0 unspecified atom stereocenters. The van der Waals surface area contributed by atoms with Gasteiger partial charge in [0.15, 0.2) is 5.75 Å². The fourth-order valence-electron chi connectivity index (χ4n) is 6.00. The first-order valence-electron chi connectivity index (χ1n) is 14.2. The quantitative estimate of drug-likeness (QED) is 0.624. The summed E-state index contributed by atoms with van der Waals surface area (Å²) in [7, 11) is 0. The lowest BCUT2D eigenvalue weighted by atomic mass is 9.91. The van der Waals surface area contributed by atoms with Gasteiger partial charge in [0.25, 0.3) is 0 Å². The van der Waals surface area contributed by atoms with Gasteiger partial charge >= 0.3 is 6.09 Å². The van der Waals surface area contributed by atoms with Crippen molar-refractivity contribution in [2.24, 2.45) is 0 Å². The van der Waals surface area contributed by atoms with Gasteiger partial charge in [-0.05, 0) is 65.8 Å². The van der Waals surface area contributed by atoms with Crippen LogP contribution in [0.1, 0.15) is 56.5 Å². The maximum Gasteiger partial charge on any atom is 0.410 e. The van der Waals surface area contributed by atoms with Gasteiger partial charge in [-0.1, -0.05) is 0 Å². The van der Waals surface area contributed by atoms with E-state index in [4.69, 9.17) is 19.2 Å². The predicted octanol–water partition coefficient (Wildman–Crippen LogP) is 4.06. The van der Waals surface area contributed by atoms with Crippen LogP contribution in [0.15, 0.2) is 18.3 Å². The van der Waals surface area contributed by atoms with Gasteiger partial charge in [0.2, 0.25) is 0 Å². The van der Waals surface area contributed by atoms with Gasteiger partial charge < -0.3 is 29.3 Å². The van der Waals surface area contributed by atoms with Crippen molar-refractivity contribution in [3.63, 3.8) is 0 Å². The molecule has 0 bridgehead atoms. The Morgan fingerprint density at radius 3 is 2.59 bits per heavy atom. The third kappa shape index (κ3) is 5.49. The fraction of sp³-hybridized carbons (Fsp3) is 0.621. The normalized spacial score (nSPS) is 20.7. The fourth-order valence-corrected chi connectivity index (χ4v) is 6.00. The number of nitrogens with one attached hydrogen (secondary N) is 1. The van der Waals surface area contributed by atoms with Gasteiger partial charge in [-0.2, -0.15) is 0 Å². The summed E-state index contributed by atoms with van der Waals surface area (Å²) in [5, 5.41) is 3.59. The van der Waals surface area contributed by atoms with Crippen LogP contribution in [0.2, 0.25) is 0 Å². The highest BCUT2D eigenvalue weighted by molar-refractivity contribution is 5.73. The molecule has 39 heavy (non-hydrogen) atoms. The molecule has 4 aliphatic rings. The van der Waals surface area contributed by atoms with Crippen LogP contribution in [0.5, 0.6) is 5.75 Å². The molecule has 0 aliphatic carbocycles. The molecule has 10 heteroatoms. The Bertz CT molecular complexity index is 1210. The second kappa shape index (κ2) is 10.5. The summed E-state index contributed by atoms with van der Waals surface area (Å²) >= 11 is 0. The topological polar surface area (TPSA) is 92.3 Å². The Balaban J connectivity index is 1.11. The van der Waals surface area contributed by atoms with Crippen molar-refractivity contribution < 1.29 is 19.0 Å². The number of amides is 1. The van der Waals surface area contributed by atoms with Crippen molar-refractivity contribution in [1.29, 1.82) is 0 Å². The zero-order valence-electron chi connectivity index (χ0n) is 23.5. The van der Waals surface area contributed by atoms with E-state index < -0.39 is 5.60 Å². The largest absolute Gasteiger partial charge is 0.485 e. The van der Waals surface area contributed by atoms with E-state index in [0.29, 0.717) is 18.6 Å². The summed E-state index contributed by atoms with van der Waals surface area (Å²) < 4.78 is 17.4. The van der Waals surface area contributed by atoms with Gasteiger partial charge in [-0.3, -0.25) is 9.88 Å². The van der Waals surface area contributed by atoms with Crippen LogP contribution in [0.25, 0.3) is 0 Å². The first kappa shape index (κ1) is 26.1. The molecular weight excluding hydrogens is 496 g/mol. The Kier molecular flexibility index (Phi) is 7.01. The minimum Gasteiger partial charge on any atom is -0.485 e. The molecule has 3 fully saturated rings. The average molecular weight is 537 g/mol. The predicted molar refractivity (Wildman–Crippen MR) is 149 cm³/mol. The number of hydrogen-bond acceptors (Lipinski definition) is 9. The number of hydrogen-bond donors (Lipinski definition) is 1. The maximum absolute atomic E-state index is 12.3. The Morgan fingerprint density at radius 2 is 1.87 bits per heavy atom. The van der Waals surface area contributed by atoms with Crippen molar-refractivity contribution in [2.75, 3.05) is 62.7 Å². The van der Waals surface area contributed by atoms with Gasteiger partial charge in [0, 0.05) is 55.7 Å². The highest BCUT2D eigenvalue weighted by atomic mass is 16.6. The zero-order valence-corrected chi connectivity index (χ0v) is 23.5. The molecule has 6 rings (SSSR count). The van der Waals surface area contributed by atoms with Crippen LogP contribution in [-0.2, 0) is 16.1 Å². The number of likely N-dealkylation sites (tertiary alicyclic amines) is 2. The minimum absolute atomic E-state index is 0.207. The lowest BCUT2D eigenvalue weighted by Gasteiger charge is -2.47. The number of fused-ring (bicyclic) bond motifs is 2. The summed E-state index contributed by atoms with van der Waals surface area (Å²) in [5.41, 5.74) is 4.73. The van der Waals surface area contributed by atoms with Gasteiger partial charge in [0.05, 0.1) is 30.2 Å². The van der Waals surface area contributed by atoms with Gasteiger partial charge in [-0.25, -0.2) is 9.78 Å². The van der Waals surface area contributed by atoms with Crippen LogP contribution in [0.3, 0.4) is 0 Å². The molecule has 0 spiro atoms. The summed E-state index contributed by atoms with van der Waals surface area (Å²) in [4.78, 5) is 28.7. The molecule has 0 atom stereocenters. The number of ether oxygens (including phenoxy) is 3. The van der Waals surface area contributed by atoms with E-state index in [0.717, 1.165) is 105 Å². The highest BCUT2D eigenvalue weighted by Crippen LogP contribution is 2.41. The number of nitrogens with zero attached hydrogens (tertiary/aromatic N) is 5. The Labute approximate surface area is 230 Å². The first-order chi connectivity index (χ1) is 18.7. The molecular formula is C29H40N6O4. The lowest BCUT2D eigenvalue weighted by Crippen LogP contribution is -2.62. The molecule has 1 amide bonds. The molecule has 0 saturated carbocycles. The third-order valence-corrected chi connectivity index (χ3v) is 8.14. The third-order valence-electron chi connectivity index (χ3n) is 8.14. The lowest BCUT2D eigenvalue weighted by molar-refractivity contribution is -0.0197.